The molecule has 0 aliphatic rings. The van der Waals surface area contributed by atoms with E-state index in [1.54, 1.807) is 0 Å². The van der Waals surface area contributed by atoms with E-state index in [9.17, 15) is 0 Å². The van der Waals surface area contributed by atoms with E-state index in [-0.39, 0.29) is 0 Å². The van der Waals surface area contributed by atoms with Crippen LogP contribution in [0.2, 0.25) is 0 Å². The van der Waals surface area contributed by atoms with E-state index in [2.05, 4.69) is 158 Å². The third-order valence-corrected chi connectivity index (χ3v) is 9.69. The largest absolute Gasteiger partial charge is 0.456 e. The van der Waals surface area contributed by atoms with Crippen molar-refractivity contribution in [2.24, 2.45) is 0 Å². The molecular formula is C47H29N3O. The molecule has 0 saturated heterocycles. The Morgan fingerprint density at radius 2 is 0.804 bits per heavy atom. The van der Waals surface area contributed by atoms with Crippen LogP contribution in [0, 0.1) is 0 Å². The molecule has 0 aliphatic carbocycles. The van der Waals surface area contributed by atoms with Gasteiger partial charge in [0.2, 0.25) is 0 Å². The lowest BCUT2D eigenvalue weighted by Crippen LogP contribution is -2.01. The topological polar surface area (TPSA) is 51.8 Å². The van der Waals surface area contributed by atoms with Crippen LogP contribution in [-0.4, -0.2) is 15.0 Å². The highest BCUT2D eigenvalue weighted by molar-refractivity contribution is 6.10. The van der Waals surface area contributed by atoms with Crippen LogP contribution in [0.1, 0.15) is 0 Å². The fourth-order valence-corrected chi connectivity index (χ4v) is 7.10. The third-order valence-electron chi connectivity index (χ3n) is 9.69. The number of hydrogen-bond acceptors (Lipinski definition) is 4. The quantitative estimate of drug-likeness (QED) is 0.186. The van der Waals surface area contributed by atoms with Crippen molar-refractivity contribution < 1.29 is 4.42 Å². The Hall–Kier alpha value is -6.91. The molecular weight excluding hydrogens is 623 g/mol. The molecule has 10 rings (SSSR count). The molecule has 8 aromatic carbocycles. The molecule has 0 N–H and O–H groups in total. The molecule has 0 fully saturated rings. The molecule has 0 unspecified atom stereocenters. The molecule has 4 nitrogen and oxygen atoms in total. The molecule has 0 bridgehead atoms. The highest BCUT2D eigenvalue weighted by atomic mass is 16.3. The first-order valence-corrected chi connectivity index (χ1v) is 17.1. The maximum atomic E-state index is 6.45. The summed E-state index contributed by atoms with van der Waals surface area (Å²) in [6.45, 7) is 0. The van der Waals surface area contributed by atoms with Crippen molar-refractivity contribution in [1.29, 1.82) is 0 Å². The highest BCUT2D eigenvalue weighted by Crippen LogP contribution is 2.37. The van der Waals surface area contributed by atoms with Crippen LogP contribution >= 0.6 is 0 Å². The minimum Gasteiger partial charge on any atom is -0.456 e. The van der Waals surface area contributed by atoms with Gasteiger partial charge in [0, 0.05) is 27.5 Å². The number of fused-ring (bicyclic) bond motifs is 5. The first kappa shape index (κ1) is 29.0. The van der Waals surface area contributed by atoms with Crippen molar-refractivity contribution >= 4 is 43.5 Å². The van der Waals surface area contributed by atoms with Crippen LogP contribution in [0.5, 0.6) is 0 Å². The summed E-state index contributed by atoms with van der Waals surface area (Å²) in [5.41, 5.74) is 8.94. The Labute approximate surface area is 294 Å². The summed E-state index contributed by atoms with van der Waals surface area (Å²) in [6, 6.07) is 61.1. The minimum absolute atomic E-state index is 0.588. The normalized spacial score (nSPS) is 11.5. The Bertz CT molecular complexity index is 2910. The van der Waals surface area contributed by atoms with E-state index in [1.807, 2.05) is 18.2 Å². The van der Waals surface area contributed by atoms with Gasteiger partial charge in [-0.25, -0.2) is 15.0 Å². The summed E-state index contributed by atoms with van der Waals surface area (Å²) in [4.78, 5) is 15.4. The smallest absolute Gasteiger partial charge is 0.164 e. The third kappa shape index (κ3) is 5.22. The molecule has 238 valence electrons. The molecule has 0 radical (unpaired) electrons. The van der Waals surface area contributed by atoms with Crippen LogP contribution in [-0.2, 0) is 0 Å². The number of rotatable bonds is 5. The first-order chi connectivity index (χ1) is 25.2. The molecule has 0 aliphatic heterocycles. The molecule has 0 spiro atoms. The van der Waals surface area contributed by atoms with Crippen LogP contribution in [0.25, 0.3) is 99.9 Å². The van der Waals surface area contributed by atoms with Gasteiger partial charge in [0.1, 0.15) is 11.2 Å². The van der Waals surface area contributed by atoms with Gasteiger partial charge in [-0.1, -0.05) is 140 Å². The van der Waals surface area contributed by atoms with Gasteiger partial charge in [-0.2, -0.15) is 0 Å². The molecule has 51 heavy (non-hydrogen) atoms. The standard InChI is InChI=1S/C47H29N3O/c1-3-11-30(12-4-1)34-19-20-36-26-37(22-21-35(36)25-34)45-48-46(50-47(49-45)41-18-10-9-17-39(41)31-13-5-2-6-14-31)38-23-24-40-42-27-32-15-7-8-16-33(32)28-44(42)51-43(40)29-38/h1-29H. The zero-order valence-electron chi connectivity index (χ0n) is 27.5. The van der Waals surface area contributed by atoms with Crippen molar-refractivity contribution in [3.63, 3.8) is 0 Å². The second kappa shape index (κ2) is 11.9. The maximum Gasteiger partial charge on any atom is 0.164 e. The molecule has 0 amide bonds. The predicted octanol–water partition coefficient (Wildman–Crippen LogP) is 12.4. The average molecular weight is 652 g/mol. The van der Waals surface area contributed by atoms with E-state index in [1.165, 1.54) is 16.5 Å². The molecule has 2 aromatic heterocycles. The average Bonchev–Trinajstić information content (AvgIpc) is 3.56. The van der Waals surface area contributed by atoms with Crippen molar-refractivity contribution in [1.82, 2.24) is 15.0 Å². The number of benzene rings is 8. The Morgan fingerprint density at radius 3 is 1.55 bits per heavy atom. The summed E-state index contributed by atoms with van der Waals surface area (Å²) < 4.78 is 6.45. The highest BCUT2D eigenvalue weighted by Gasteiger charge is 2.17. The number of aromatic nitrogens is 3. The van der Waals surface area contributed by atoms with Crippen molar-refractivity contribution in [3.05, 3.63) is 176 Å². The predicted molar refractivity (Wildman–Crippen MR) is 209 cm³/mol. The van der Waals surface area contributed by atoms with E-state index < -0.39 is 0 Å². The Kier molecular flexibility index (Phi) is 6.78. The molecule has 2 heterocycles. The van der Waals surface area contributed by atoms with Crippen LogP contribution in [0.3, 0.4) is 0 Å². The monoisotopic (exact) mass is 651 g/mol. The van der Waals surface area contributed by atoms with Gasteiger partial charge in [-0.05, 0) is 80.2 Å². The lowest BCUT2D eigenvalue weighted by Gasteiger charge is -2.12. The lowest BCUT2D eigenvalue weighted by atomic mass is 9.98. The van der Waals surface area contributed by atoms with Crippen molar-refractivity contribution in [3.8, 4) is 56.4 Å². The zero-order chi connectivity index (χ0) is 33.7. The van der Waals surface area contributed by atoms with Gasteiger partial charge in [-0.3, -0.25) is 0 Å². The lowest BCUT2D eigenvalue weighted by molar-refractivity contribution is 0.669. The number of hydrogen-bond donors (Lipinski definition) is 0. The molecule has 10 aromatic rings. The summed E-state index contributed by atoms with van der Waals surface area (Å²) >= 11 is 0. The fourth-order valence-electron chi connectivity index (χ4n) is 7.10. The van der Waals surface area contributed by atoms with E-state index in [4.69, 9.17) is 19.4 Å². The van der Waals surface area contributed by atoms with Gasteiger partial charge in [-0.15, -0.1) is 0 Å². The van der Waals surface area contributed by atoms with Crippen molar-refractivity contribution in [2.45, 2.75) is 0 Å². The second-order valence-corrected chi connectivity index (χ2v) is 12.9. The maximum absolute atomic E-state index is 6.45. The van der Waals surface area contributed by atoms with Gasteiger partial charge < -0.3 is 4.42 Å². The van der Waals surface area contributed by atoms with Gasteiger partial charge in [0.25, 0.3) is 0 Å². The van der Waals surface area contributed by atoms with E-state index in [0.29, 0.717) is 17.5 Å². The van der Waals surface area contributed by atoms with Gasteiger partial charge >= 0.3 is 0 Å². The Balaban J connectivity index is 1.14. The molecule has 0 atom stereocenters. The molecule has 0 saturated carbocycles. The fraction of sp³-hybridized carbons (Fsp3) is 0. The van der Waals surface area contributed by atoms with Crippen molar-refractivity contribution in [2.75, 3.05) is 0 Å². The second-order valence-electron chi connectivity index (χ2n) is 12.9. The molecule has 4 heteroatoms. The zero-order valence-corrected chi connectivity index (χ0v) is 27.5. The van der Waals surface area contributed by atoms with Crippen LogP contribution < -0.4 is 0 Å². The summed E-state index contributed by atoms with van der Waals surface area (Å²) in [5, 5.41) is 6.78. The van der Waals surface area contributed by atoms with Crippen LogP contribution in [0.15, 0.2) is 180 Å². The van der Waals surface area contributed by atoms with E-state index in [0.717, 1.165) is 65.9 Å². The van der Waals surface area contributed by atoms with Crippen LogP contribution in [0.4, 0.5) is 0 Å². The van der Waals surface area contributed by atoms with E-state index >= 15 is 0 Å². The number of nitrogens with zero attached hydrogens (tertiary/aromatic N) is 3. The minimum atomic E-state index is 0.588. The van der Waals surface area contributed by atoms with Gasteiger partial charge in [0.05, 0.1) is 0 Å². The summed E-state index contributed by atoms with van der Waals surface area (Å²) in [6.07, 6.45) is 0. The van der Waals surface area contributed by atoms with Gasteiger partial charge in [0.15, 0.2) is 17.5 Å². The summed E-state index contributed by atoms with van der Waals surface area (Å²) in [5.74, 6) is 1.82. The number of furan rings is 1. The summed E-state index contributed by atoms with van der Waals surface area (Å²) in [7, 11) is 0. The first-order valence-electron chi connectivity index (χ1n) is 17.1. The SMILES string of the molecule is c1ccc(-c2ccc3cc(-c4nc(-c5ccc6c(c5)oc5cc7ccccc7cc56)nc(-c5ccccc5-c5ccccc5)n4)ccc3c2)cc1. The Morgan fingerprint density at radius 1 is 0.294 bits per heavy atom.